The normalized spacial score (nSPS) is 36.7. The fourth-order valence-corrected chi connectivity index (χ4v) is 1.35. The molecule has 0 saturated heterocycles. The van der Waals surface area contributed by atoms with Crippen LogP contribution in [0.1, 0.15) is 25.7 Å². The molecule has 2 atom stereocenters. The lowest BCUT2D eigenvalue weighted by Gasteiger charge is -2.25. The van der Waals surface area contributed by atoms with Gasteiger partial charge in [0.25, 0.3) is 0 Å². The maximum Gasteiger partial charge on any atom is 0.0830 e. The summed E-state index contributed by atoms with van der Waals surface area (Å²) in [5.41, 5.74) is 0. The van der Waals surface area contributed by atoms with Gasteiger partial charge >= 0.3 is 0 Å². The van der Waals surface area contributed by atoms with E-state index in [9.17, 15) is 5.11 Å². The highest BCUT2D eigenvalue weighted by Gasteiger charge is 2.21. The van der Waals surface area contributed by atoms with Gasteiger partial charge in [0.05, 0.1) is 12.2 Å². The molecule has 54 valence electrons. The van der Waals surface area contributed by atoms with Crippen molar-refractivity contribution in [2.75, 3.05) is 7.11 Å². The highest BCUT2D eigenvalue weighted by molar-refractivity contribution is 4.73. The lowest BCUT2D eigenvalue weighted by atomic mass is 9.95. The zero-order chi connectivity index (χ0) is 6.69. The summed E-state index contributed by atoms with van der Waals surface area (Å²) in [4.78, 5) is 0. The summed E-state index contributed by atoms with van der Waals surface area (Å²) in [6, 6.07) is 0. The Kier molecular flexibility index (Phi) is 2.49. The number of rotatable bonds is 1. The summed E-state index contributed by atoms with van der Waals surface area (Å²) in [7, 11) is 1.67. The molecule has 1 aliphatic rings. The zero-order valence-corrected chi connectivity index (χ0v) is 5.84. The van der Waals surface area contributed by atoms with E-state index in [0.717, 1.165) is 19.3 Å². The minimum atomic E-state index is -0.205. The second-order valence-corrected chi connectivity index (χ2v) is 2.63. The van der Waals surface area contributed by atoms with Crippen LogP contribution in [0.25, 0.3) is 0 Å². The highest BCUT2D eigenvalue weighted by atomic mass is 16.5. The van der Waals surface area contributed by atoms with Gasteiger partial charge in [0.15, 0.2) is 0 Å². The zero-order valence-electron chi connectivity index (χ0n) is 5.84. The van der Waals surface area contributed by atoms with Gasteiger partial charge in [0.2, 0.25) is 0 Å². The fraction of sp³-hybridized carbons (Fsp3) is 1.00. The molecule has 0 radical (unpaired) electrons. The molecule has 0 amide bonds. The number of ether oxygens (including phenoxy) is 1. The van der Waals surface area contributed by atoms with Gasteiger partial charge in [-0.3, -0.25) is 0 Å². The average molecular weight is 130 g/mol. The Balaban J connectivity index is 2.30. The molecule has 0 aromatic carbocycles. The van der Waals surface area contributed by atoms with E-state index in [-0.39, 0.29) is 12.2 Å². The first-order valence-electron chi connectivity index (χ1n) is 3.55. The third-order valence-electron chi connectivity index (χ3n) is 1.97. The summed E-state index contributed by atoms with van der Waals surface area (Å²) in [5.74, 6) is 0. The SMILES string of the molecule is CO[C@H]1CCCC[C@H]1O. The maximum absolute atomic E-state index is 9.24. The molecule has 1 rings (SSSR count). The van der Waals surface area contributed by atoms with Crippen molar-refractivity contribution < 1.29 is 9.84 Å². The van der Waals surface area contributed by atoms with Gasteiger partial charge in [-0.2, -0.15) is 0 Å². The Hall–Kier alpha value is -0.0800. The van der Waals surface area contributed by atoms with Crippen LogP contribution in [0.2, 0.25) is 0 Å². The third kappa shape index (κ3) is 1.66. The number of aliphatic hydroxyl groups is 1. The summed E-state index contributed by atoms with van der Waals surface area (Å²) in [5, 5.41) is 9.24. The molecule has 0 spiro atoms. The largest absolute Gasteiger partial charge is 0.390 e. The van der Waals surface area contributed by atoms with E-state index >= 15 is 0 Å². The summed E-state index contributed by atoms with van der Waals surface area (Å²) >= 11 is 0. The van der Waals surface area contributed by atoms with Gasteiger partial charge in [0.1, 0.15) is 0 Å². The van der Waals surface area contributed by atoms with E-state index in [1.165, 1.54) is 6.42 Å². The Morgan fingerprint density at radius 1 is 1.33 bits per heavy atom. The van der Waals surface area contributed by atoms with Gasteiger partial charge in [-0.1, -0.05) is 12.8 Å². The molecule has 0 bridgehead atoms. The van der Waals surface area contributed by atoms with E-state index in [1.54, 1.807) is 7.11 Å². The predicted molar refractivity (Wildman–Crippen MR) is 35.3 cm³/mol. The summed E-state index contributed by atoms with van der Waals surface area (Å²) in [6.45, 7) is 0. The van der Waals surface area contributed by atoms with E-state index in [4.69, 9.17) is 4.74 Å². The Labute approximate surface area is 55.8 Å². The third-order valence-corrected chi connectivity index (χ3v) is 1.97. The van der Waals surface area contributed by atoms with Gasteiger partial charge in [-0.15, -0.1) is 0 Å². The molecule has 0 unspecified atom stereocenters. The molecule has 1 fully saturated rings. The van der Waals surface area contributed by atoms with Crippen LogP contribution in [0, 0.1) is 0 Å². The number of hydrogen-bond acceptors (Lipinski definition) is 2. The molecule has 0 aliphatic heterocycles. The molecule has 0 heterocycles. The van der Waals surface area contributed by atoms with Crippen LogP contribution in [0.3, 0.4) is 0 Å². The van der Waals surface area contributed by atoms with Crippen molar-refractivity contribution >= 4 is 0 Å². The van der Waals surface area contributed by atoms with Gasteiger partial charge in [0, 0.05) is 7.11 Å². The van der Waals surface area contributed by atoms with Crippen LogP contribution >= 0.6 is 0 Å². The topological polar surface area (TPSA) is 29.5 Å². The molecule has 9 heavy (non-hydrogen) atoms. The van der Waals surface area contributed by atoms with Gasteiger partial charge < -0.3 is 9.84 Å². The average Bonchev–Trinajstić information content (AvgIpc) is 1.89. The Bertz CT molecular complexity index is 83.0. The molecule has 1 aliphatic carbocycles. The molecule has 0 aromatic heterocycles. The molecule has 1 saturated carbocycles. The highest BCUT2D eigenvalue weighted by Crippen LogP contribution is 2.19. The minimum Gasteiger partial charge on any atom is -0.390 e. The number of hydrogen-bond donors (Lipinski definition) is 1. The predicted octanol–water partition coefficient (Wildman–Crippen LogP) is 0.936. The molecule has 2 nitrogen and oxygen atoms in total. The quantitative estimate of drug-likeness (QED) is 0.572. The monoisotopic (exact) mass is 130 g/mol. The van der Waals surface area contributed by atoms with Crippen molar-refractivity contribution in [3.05, 3.63) is 0 Å². The van der Waals surface area contributed by atoms with Crippen LogP contribution in [-0.4, -0.2) is 24.4 Å². The van der Waals surface area contributed by atoms with E-state index < -0.39 is 0 Å². The van der Waals surface area contributed by atoms with Crippen LogP contribution < -0.4 is 0 Å². The summed E-state index contributed by atoms with van der Waals surface area (Å²) in [6.07, 6.45) is 4.20. The van der Waals surface area contributed by atoms with Crippen molar-refractivity contribution in [2.45, 2.75) is 37.9 Å². The van der Waals surface area contributed by atoms with Crippen molar-refractivity contribution in [3.63, 3.8) is 0 Å². The molecule has 2 heteroatoms. The van der Waals surface area contributed by atoms with Gasteiger partial charge in [-0.05, 0) is 12.8 Å². The van der Waals surface area contributed by atoms with Crippen LogP contribution in [0.4, 0.5) is 0 Å². The van der Waals surface area contributed by atoms with E-state index in [0.29, 0.717) is 0 Å². The number of aliphatic hydroxyl groups excluding tert-OH is 1. The minimum absolute atomic E-state index is 0.110. The van der Waals surface area contributed by atoms with E-state index in [2.05, 4.69) is 0 Å². The van der Waals surface area contributed by atoms with Crippen LogP contribution in [0.15, 0.2) is 0 Å². The fourth-order valence-electron chi connectivity index (χ4n) is 1.35. The molecule has 0 aromatic rings. The smallest absolute Gasteiger partial charge is 0.0830 e. The lowest BCUT2D eigenvalue weighted by molar-refractivity contribution is -0.0359. The van der Waals surface area contributed by atoms with Crippen molar-refractivity contribution in [1.29, 1.82) is 0 Å². The first-order chi connectivity index (χ1) is 4.34. The standard InChI is InChI=1S/C7H14O2/c1-9-7-5-3-2-4-6(7)8/h6-8H,2-5H2,1H3/t6-,7+/m1/s1. The van der Waals surface area contributed by atoms with E-state index in [1.807, 2.05) is 0 Å². The Morgan fingerprint density at radius 3 is 2.44 bits per heavy atom. The molecule has 1 N–H and O–H groups in total. The summed E-state index contributed by atoms with van der Waals surface area (Å²) < 4.78 is 5.05. The van der Waals surface area contributed by atoms with Crippen LogP contribution in [-0.2, 0) is 4.74 Å². The van der Waals surface area contributed by atoms with Crippen molar-refractivity contribution in [1.82, 2.24) is 0 Å². The first kappa shape index (κ1) is 7.03. The second kappa shape index (κ2) is 3.18. The second-order valence-electron chi connectivity index (χ2n) is 2.63. The number of methoxy groups -OCH3 is 1. The van der Waals surface area contributed by atoms with Gasteiger partial charge in [-0.25, -0.2) is 0 Å². The van der Waals surface area contributed by atoms with Crippen LogP contribution in [0.5, 0.6) is 0 Å². The molecular formula is C7H14O2. The Morgan fingerprint density at radius 2 is 2.00 bits per heavy atom. The van der Waals surface area contributed by atoms with Crippen molar-refractivity contribution in [2.24, 2.45) is 0 Å². The molecular weight excluding hydrogens is 116 g/mol. The van der Waals surface area contributed by atoms with Crippen molar-refractivity contribution in [3.8, 4) is 0 Å². The first-order valence-corrected chi connectivity index (χ1v) is 3.55. The maximum atomic E-state index is 9.24. The lowest BCUT2D eigenvalue weighted by Crippen LogP contribution is -2.30.